The van der Waals surface area contributed by atoms with Crippen LogP contribution in [-0.4, -0.2) is 41.0 Å². The molecule has 1 aromatic heterocycles. The fourth-order valence-corrected chi connectivity index (χ4v) is 2.34. The van der Waals surface area contributed by atoms with Crippen molar-refractivity contribution < 1.29 is 0 Å². The van der Waals surface area contributed by atoms with E-state index in [1.54, 1.807) is 0 Å². The van der Waals surface area contributed by atoms with Crippen LogP contribution in [-0.2, 0) is 0 Å². The molecule has 0 aliphatic carbocycles. The molecule has 0 atom stereocenters. The number of hydrogen-bond acceptors (Lipinski definition) is 4. The van der Waals surface area contributed by atoms with Gasteiger partial charge in [-0.25, -0.2) is 4.98 Å². The van der Waals surface area contributed by atoms with E-state index in [9.17, 15) is 0 Å². The van der Waals surface area contributed by atoms with Crippen LogP contribution in [0.1, 0.15) is 31.5 Å². The molecule has 1 aliphatic rings. The summed E-state index contributed by atoms with van der Waals surface area (Å²) in [4.78, 5) is 9.82. The van der Waals surface area contributed by atoms with Gasteiger partial charge >= 0.3 is 0 Å². The third-order valence-corrected chi connectivity index (χ3v) is 3.27. The SMILES string of the molecule is Cc1nc(NCCN2CCCCCC2)c(N)[nH]1. The Labute approximate surface area is 103 Å². The summed E-state index contributed by atoms with van der Waals surface area (Å²) in [6.07, 6.45) is 5.44. The predicted octanol–water partition coefficient (Wildman–Crippen LogP) is 1.59. The van der Waals surface area contributed by atoms with Crippen molar-refractivity contribution in [3.63, 3.8) is 0 Å². The third kappa shape index (κ3) is 3.63. The van der Waals surface area contributed by atoms with E-state index >= 15 is 0 Å². The summed E-state index contributed by atoms with van der Waals surface area (Å²) in [5, 5.41) is 3.29. The Morgan fingerprint density at radius 2 is 2.00 bits per heavy atom. The van der Waals surface area contributed by atoms with E-state index in [4.69, 9.17) is 5.73 Å². The highest BCUT2D eigenvalue weighted by Gasteiger charge is 2.09. The number of nitrogens with one attached hydrogen (secondary N) is 2. The number of nitrogens with two attached hydrogens (primary N) is 1. The lowest BCUT2D eigenvalue weighted by Crippen LogP contribution is -2.30. The van der Waals surface area contributed by atoms with Crippen LogP contribution in [0.5, 0.6) is 0 Å². The average molecular weight is 237 g/mol. The van der Waals surface area contributed by atoms with Gasteiger partial charge in [-0.05, 0) is 32.9 Å². The first-order valence-electron chi connectivity index (χ1n) is 6.54. The number of H-pyrrole nitrogens is 1. The molecular weight excluding hydrogens is 214 g/mol. The van der Waals surface area contributed by atoms with Gasteiger partial charge in [0.2, 0.25) is 0 Å². The van der Waals surface area contributed by atoms with Gasteiger partial charge in [0.1, 0.15) is 11.6 Å². The second-order valence-electron chi connectivity index (χ2n) is 4.77. The highest BCUT2D eigenvalue weighted by Crippen LogP contribution is 2.13. The monoisotopic (exact) mass is 237 g/mol. The van der Waals surface area contributed by atoms with Gasteiger partial charge < -0.3 is 20.9 Å². The van der Waals surface area contributed by atoms with Gasteiger partial charge in [-0.2, -0.15) is 0 Å². The average Bonchev–Trinajstić information content (AvgIpc) is 2.54. The van der Waals surface area contributed by atoms with Crippen molar-refractivity contribution in [2.75, 3.05) is 37.2 Å². The first-order valence-corrected chi connectivity index (χ1v) is 6.54. The maximum Gasteiger partial charge on any atom is 0.168 e. The minimum atomic E-state index is 0.637. The summed E-state index contributed by atoms with van der Waals surface area (Å²) >= 11 is 0. The molecule has 5 nitrogen and oxygen atoms in total. The van der Waals surface area contributed by atoms with Crippen LogP contribution in [0.2, 0.25) is 0 Å². The summed E-state index contributed by atoms with van der Waals surface area (Å²) in [6.45, 7) is 6.36. The molecule has 0 bridgehead atoms. The van der Waals surface area contributed by atoms with Crippen molar-refractivity contribution >= 4 is 11.6 Å². The Balaban J connectivity index is 1.73. The summed E-state index contributed by atoms with van der Waals surface area (Å²) in [5.41, 5.74) is 5.79. The van der Waals surface area contributed by atoms with Crippen molar-refractivity contribution in [3.05, 3.63) is 5.82 Å². The Kier molecular flexibility index (Phi) is 4.25. The normalized spacial score (nSPS) is 17.9. The smallest absolute Gasteiger partial charge is 0.168 e. The Hall–Kier alpha value is -1.23. The number of likely N-dealkylation sites (tertiary alicyclic amines) is 1. The van der Waals surface area contributed by atoms with Crippen molar-refractivity contribution in [2.45, 2.75) is 32.6 Å². The van der Waals surface area contributed by atoms with E-state index in [1.165, 1.54) is 38.8 Å². The van der Waals surface area contributed by atoms with Gasteiger partial charge in [0, 0.05) is 13.1 Å². The minimum absolute atomic E-state index is 0.637. The number of rotatable bonds is 4. The van der Waals surface area contributed by atoms with Crippen molar-refractivity contribution in [1.82, 2.24) is 14.9 Å². The van der Waals surface area contributed by atoms with Crippen LogP contribution in [0.15, 0.2) is 0 Å². The van der Waals surface area contributed by atoms with Gasteiger partial charge in [-0.1, -0.05) is 12.8 Å². The zero-order chi connectivity index (χ0) is 12.1. The molecule has 1 aliphatic heterocycles. The minimum Gasteiger partial charge on any atom is -0.382 e. The summed E-state index contributed by atoms with van der Waals surface area (Å²) < 4.78 is 0. The molecule has 17 heavy (non-hydrogen) atoms. The van der Waals surface area contributed by atoms with Gasteiger partial charge in [0.05, 0.1) is 0 Å². The fourth-order valence-electron chi connectivity index (χ4n) is 2.34. The fraction of sp³-hybridized carbons (Fsp3) is 0.750. The molecule has 0 unspecified atom stereocenters. The van der Waals surface area contributed by atoms with E-state index in [1.807, 2.05) is 6.92 Å². The lowest BCUT2D eigenvalue weighted by molar-refractivity contribution is 0.296. The second-order valence-corrected chi connectivity index (χ2v) is 4.77. The molecule has 0 spiro atoms. The second kappa shape index (κ2) is 5.91. The lowest BCUT2D eigenvalue weighted by Gasteiger charge is -2.19. The van der Waals surface area contributed by atoms with E-state index in [-0.39, 0.29) is 0 Å². The molecule has 1 fully saturated rings. The molecule has 1 saturated heterocycles. The molecule has 0 amide bonds. The number of imidazole rings is 1. The van der Waals surface area contributed by atoms with Crippen LogP contribution in [0.3, 0.4) is 0 Å². The first kappa shape index (κ1) is 12.2. The quantitative estimate of drug-likeness (QED) is 0.743. The number of nitrogen functional groups attached to an aromatic ring is 1. The third-order valence-electron chi connectivity index (χ3n) is 3.27. The Bertz CT molecular complexity index is 339. The van der Waals surface area contributed by atoms with E-state index in [2.05, 4.69) is 20.2 Å². The standard InChI is InChI=1S/C12H23N5/c1-10-15-11(13)12(16-10)14-6-9-17-7-4-2-3-5-8-17/h14H,2-9,13H2,1H3,(H,15,16). The van der Waals surface area contributed by atoms with E-state index in [0.717, 1.165) is 24.7 Å². The number of hydrogen-bond donors (Lipinski definition) is 3. The maximum atomic E-state index is 5.79. The van der Waals surface area contributed by atoms with E-state index < -0.39 is 0 Å². The highest BCUT2D eigenvalue weighted by molar-refractivity contribution is 5.56. The molecule has 5 heteroatoms. The zero-order valence-corrected chi connectivity index (χ0v) is 10.6. The topological polar surface area (TPSA) is 70.0 Å². The summed E-state index contributed by atoms with van der Waals surface area (Å²) in [5.74, 6) is 2.29. The molecule has 0 radical (unpaired) electrons. The molecule has 4 N–H and O–H groups in total. The number of aromatic amines is 1. The molecule has 0 aromatic carbocycles. The number of aromatic nitrogens is 2. The molecule has 0 saturated carbocycles. The first-order chi connectivity index (χ1) is 8.25. The molecular formula is C12H23N5. The Morgan fingerprint density at radius 3 is 2.59 bits per heavy atom. The van der Waals surface area contributed by atoms with Crippen molar-refractivity contribution in [3.8, 4) is 0 Å². The van der Waals surface area contributed by atoms with Gasteiger partial charge in [-0.3, -0.25) is 0 Å². The van der Waals surface area contributed by atoms with Crippen LogP contribution < -0.4 is 11.1 Å². The highest BCUT2D eigenvalue weighted by atomic mass is 15.2. The number of anilines is 2. The maximum absolute atomic E-state index is 5.79. The van der Waals surface area contributed by atoms with Gasteiger partial charge in [-0.15, -0.1) is 0 Å². The van der Waals surface area contributed by atoms with Gasteiger partial charge in [0.25, 0.3) is 0 Å². The number of aryl methyl sites for hydroxylation is 1. The molecule has 96 valence electrons. The summed E-state index contributed by atoms with van der Waals surface area (Å²) in [7, 11) is 0. The van der Waals surface area contributed by atoms with Crippen molar-refractivity contribution in [1.29, 1.82) is 0 Å². The van der Waals surface area contributed by atoms with Crippen LogP contribution in [0.4, 0.5) is 11.6 Å². The van der Waals surface area contributed by atoms with Crippen LogP contribution in [0.25, 0.3) is 0 Å². The van der Waals surface area contributed by atoms with Crippen LogP contribution >= 0.6 is 0 Å². The van der Waals surface area contributed by atoms with Gasteiger partial charge in [0.15, 0.2) is 5.82 Å². The summed E-state index contributed by atoms with van der Waals surface area (Å²) in [6, 6.07) is 0. The number of nitrogens with zero attached hydrogens (tertiary/aromatic N) is 2. The molecule has 2 heterocycles. The van der Waals surface area contributed by atoms with Crippen molar-refractivity contribution in [2.24, 2.45) is 0 Å². The molecule has 2 rings (SSSR count). The predicted molar refractivity (Wildman–Crippen MR) is 71.1 cm³/mol. The lowest BCUT2D eigenvalue weighted by atomic mass is 10.2. The molecule has 1 aromatic rings. The largest absolute Gasteiger partial charge is 0.382 e. The zero-order valence-electron chi connectivity index (χ0n) is 10.6. The Morgan fingerprint density at radius 1 is 1.29 bits per heavy atom. The van der Waals surface area contributed by atoms with E-state index in [0.29, 0.717) is 5.82 Å². The van der Waals surface area contributed by atoms with Crippen LogP contribution in [0, 0.1) is 6.92 Å².